The summed E-state index contributed by atoms with van der Waals surface area (Å²) < 4.78 is 78.6. The van der Waals surface area contributed by atoms with Crippen molar-refractivity contribution in [1.29, 1.82) is 0 Å². The van der Waals surface area contributed by atoms with E-state index in [0.29, 0.717) is 44.6 Å². The molecule has 3 rings (SSSR count). The number of carbonyl (C=O) groups excluding carboxylic acids is 2. The Morgan fingerprint density at radius 2 is 1.45 bits per heavy atom. The van der Waals surface area contributed by atoms with Gasteiger partial charge in [-0.15, -0.1) is 0 Å². The second-order valence-corrected chi connectivity index (χ2v) is 11.5. The number of halogens is 6. The third kappa shape index (κ3) is 8.51. The second kappa shape index (κ2) is 11.3. The van der Waals surface area contributed by atoms with E-state index in [4.69, 9.17) is 0 Å². The van der Waals surface area contributed by atoms with E-state index in [9.17, 15) is 35.9 Å². The van der Waals surface area contributed by atoms with Crippen LogP contribution in [-0.4, -0.2) is 54.1 Å². The zero-order valence-corrected chi connectivity index (χ0v) is 21.9. The molecule has 1 aromatic carbocycles. The van der Waals surface area contributed by atoms with Gasteiger partial charge in [0.25, 0.3) is 5.91 Å². The lowest BCUT2D eigenvalue weighted by Crippen LogP contribution is -2.59. The standard InChI is InChI=1S/C26H36F6N4O2/c1-23(2,3)34-22(38)35-24(8-4-5-9-24)16-36-10-6-17(7-11-36)15-33-21(37)18-12-19(25(27,28)29)14-20(13-18)26(30,31)32/h12-14,17H,4-11,15-16H2,1-3H3,(H,33,37)(H2,34,35,38). The number of hydrogen-bond donors (Lipinski definition) is 3. The Kier molecular flexibility index (Phi) is 8.95. The maximum atomic E-state index is 13.1. The fourth-order valence-electron chi connectivity index (χ4n) is 5.19. The molecule has 0 radical (unpaired) electrons. The molecule has 6 nitrogen and oxygen atoms in total. The predicted molar refractivity (Wildman–Crippen MR) is 131 cm³/mol. The van der Waals surface area contributed by atoms with Gasteiger partial charge in [-0.1, -0.05) is 12.8 Å². The Balaban J connectivity index is 1.54. The highest BCUT2D eigenvalue weighted by Gasteiger charge is 2.39. The van der Waals surface area contributed by atoms with Crippen LogP contribution in [0.4, 0.5) is 31.1 Å². The minimum Gasteiger partial charge on any atom is -0.352 e. The van der Waals surface area contributed by atoms with E-state index in [0.717, 1.165) is 25.7 Å². The highest BCUT2D eigenvalue weighted by atomic mass is 19.4. The van der Waals surface area contributed by atoms with Crippen LogP contribution in [0.1, 0.15) is 80.8 Å². The molecular weight excluding hydrogens is 514 g/mol. The molecule has 1 saturated heterocycles. The average molecular weight is 551 g/mol. The quantitative estimate of drug-likeness (QED) is 0.405. The highest BCUT2D eigenvalue weighted by Crippen LogP contribution is 2.36. The van der Waals surface area contributed by atoms with Gasteiger partial charge in [-0.3, -0.25) is 4.79 Å². The third-order valence-electron chi connectivity index (χ3n) is 7.06. The van der Waals surface area contributed by atoms with E-state index < -0.39 is 35.0 Å². The number of urea groups is 1. The number of amides is 3. The van der Waals surface area contributed by atoms with Gasteiger partial charge in [0.2, 0.25) is 0 Å². The zero-order valence-electron chi connectivity index (χ0n) is 21.9. The molecular formula is C26H36F6N4O2. The lowest BCUT2D eigenvalue weighted by Gasteiger charge is -2.40. The molecule has 0 spiro atoms. The van der Waals surface area contributed by atoms with Crippen molar-refractivity contribution in [3.63, 3.8) is 0 Å². The molecule has 12 heteroatoms. The van der Waals surface area contributed by atoms with E-state index >= 15 is 0 Å². The summed E-state index contributed by atoms with van der Waals surface area (Å²) in [6.07, 6.45) is -4.77. The van der Waals surface area contributed by atoms with Crippen LogP contribution in [0.25, 0.3) is 0 Å². The molecule has 38 heavy (non-hydrogen) atoms. The van der Waals surface area contributed by atoms with E-state index in [1.165, 1.54) is 0 Å². The van der Waals surface area contributed by atoms with Crippen LogP contribution in [0.5, 0.6) is 0 Å². The van der Waals surface area contributed by atoms with Crippen molar-refractivity contribution in [2.45, 2.75) is 82.7 Å². The van der Waals surface area contributed by atoms with Gasteiger partial charge >= 0.3 is 18.4 Å². The third-order valence-corrected chi connectivity index (χ3v) is 7.06. The molecule has 0 unspecified atom stereocenters. The van der Waals surface area contributed by atoms with Crippen LogP contribution in [0.15, 0.2) is 18.2 Å². The van der Waals surface area contributed by atoms with Gasteiger partial charge in [0.1, 0.15) is 0 Å². The molecule has 1 saturated carbocycles. The number of hydrogen-bond acceptors (Lipinski definition) is 3. The molecule has 0 atom stereocenters. The number of nitrogens with one attached hydrogen (secondary N) is 3. The molecule has 2 aliphatic rings. The van der Waals surface area contributed by atoms with Gasteiger partial charge in [-0.25, -0.2) is 4.79 Å². The lowest BCUT2D eigenvalue weighted by molar-refractivity contribution is -0.143. The number of likely N-dealkylation sites (tertiary alicyclic amines) is 1. The summed E-state index contributed by atoms with van der Waals surface area (Å²) in [6.45, 7) is 8.04. The maximum absolute atomic E-state index is 13.1. The van der Waals surface area contributed by atoms with E-state index in [-0.39, 0.29) is 35.6 Å². The van der Waals surface area contributed by atoms with E-state index in [1.54, 1.807) is 0 Å². The Bertz CT molecular complexity index is 957. The van der Waals surface area contributed by atoms with Crippen LogP contribution < -0.4 is 16.0 Å². The van der Waals surface area contributed by atoms with E-state index in [2.05, 4.69) is 20.9 Å². The van der Waals surface area contributed by atoms with Crippen molar-refractivity contribution in [2.75, 3.05) is 26.2 Å². The SMILES string of the molecule is CC(C)(C)NC(=O)NC1(CN2CCC(CNC(=O)c3cc(C(F)(F)F)cc(C(F)(F)F)c3)CC2)CCCC1. The van der Waals surface area contributed by atoms with Crippen molar-refractivity contribution in [3.8, 4) is 0 Å². The van der Waals surface area contributed by atoms with Gasteiger partial charge in [-0.2, -0.15) is 26.3 Å². The van der Waals surface area contributed by atoms with Crippen LogP contribution in [0.3, 0.4) is 0 Å². The largest absolute Gasteiger partial charge is 0.416 e. The molecule has 3 amide bonds. The van der Waals surface area contributed by atoms with E-state index in [1.807, 2.05) is 20.8 Å². The average Bonchev–Trinajstić information content (AvgIpc) is 3.23. The summed E-state index contributed by atoms with van der Waals surface area (Å²) >= 11 is 0. The van der Waals surface area contributed by atoms with Crippen LogP contribution in [0, 0.1) is 5.92 Å². The number of carbonyl (C=O) groups is 2. The van der Waals surface area contributed by atoms with Crippen LogP contribution in [0.2, 0.25) is 0 Å². The van der Waals surface area contributed by atoms with Crippen molar-refractivity contribution in [3.05, 3.63) is 34.9 Å². The first kappa shape index (κ1) is 30.0. The maximum Gasteiger partial charge on any atom is 0.416 e. The molecule has 1 aliphatic carbocycles. The fourth-order valence-corrected chi connectivity index (χ4v) is 5.19. The summed E-state index contributed by atoms with van der Waals surface area (Å²) in [5.41, 5.74) is -4.37. The number of nitrogens with zero attached hydrogens (tertiary/aromatic N) is 1. The van der Waals surface area contributed by atoms with Crippen molar-refractivity contribution in [2.24, 2.45) is 5.92 Å². The molecule has 0 bridgehead atoms. The predicted octanol–water partition coefficient (Wildman–Crippen LogP) is 5.58. The zero-order chi connectivity index (χ0) is 28.4. The summed E-state index contributed by atoms with van der Waals surface area (Å²) in [7, 11) is 0. The monoisotopic (exact) mass is 550 g/mol. The van der Waals surface area contributed by atoms with Gasteiger partial charge in [0.05, 0.1) is 16.7 Å². The molecule has 1 aromatic rings. The molecule has 2 fully saturated rings. The van der Waals surface area contributed by atoms with Crippen molar-refractivity contribution < 1.29 is 35.9 Å². The normalized spacial score (nSPS) is 19.3. The minimum absolute atomic E-state index is 0.00519. The summed E-state index contributed by atoms with van der Waals surface area (Å²) in [5, 5.41) is 8.64. The Morgan fingerprint density at radius 1 is 0.921 bits per heavy atom. The van der Waals surface area contributed by atoms with Crippen molar-refractivity contribution >= 4 is 11.9 Å². The molecule has 214 valence electrons. The molecule has 1 heterocycles. The van der Waals surface area contributed by atoms with Gasteiger partial charge in [0, 0.05) is 24.2 Å². The Hall–Kier alpha value is -2.50. The van der Waals surface area contributed by atoms with Gasteiger partial charge in [-0.05, 0) is 83.7 Å². The Labute approximate surface area is 218 Å². The summed E-state index contributed by atoms with van der Waals surface area (Å²) in [5.74, 6) is -0.928. The topological polar surface area (TPSA) is 73.5 Å². The van der Waals surface area contributed by atoms with Gasteiger partial charge < -0.3 is 20.9 Å². The van der Waals surface area contributed by atoms with Crippen LogP contribution in [-0.2, 0) is 12.4 Å². The summed E-state index contributed by atoms with van der Waals surface area (Å²) in [6, 6.07) is 0.694. The fraction of sp³-hybridized carbons (Fsp3) is 0.692. The smallest absolute Gasteiger partial charge is 0.352 e. The summed E-state index contributed by atoms with van der Waals surface area (Å²) in [4.78, 5) is 27.3. The minimum atomic E-state index is -5.01. The van der Waals surface area contributed by atoms with Crippen molar-refractivity contribution in [1.82, 2.24) is 20.9 Å². The second-order valence-electron chi connectivity index (χ2n) is 11.5. The number of piperidine rings is 1. The number of rotatable bonds is 6. The first-order valence-corrected chi connectivity index (χ1v) is 12.9. The highest BCUT2D eigenvalue weighted by molar-refractivity contribution is 5.94. The number of alkyl halides is 6. The molecule has 0 aromatic heterocycles. The van der Waals surface area contributed by atoms with Crippen LogP contribution >= 0.6 is 0 Å². The molecule has 3 N–H and O–H groups in total. The Morgan fingerprint density at radius 3 is 1.92 bits per heavy atom. The first-order valence-electron chi connectivity index (χ1n) is 12.9. The lowest BCUT2D eigenvalue weighted by atomic mass is 9.92. The number of benzene rings is 1. The first-order chi connectivity index (χ1) is 17.5. The molecule has 1 aliphatic heterocycles. The van der Waals surface area contributed by atoms with Gasteiger partial charge in [0.15, 0.2) is 0 Å².